The van der Waals surface area contributed by atoms with Crippen LogP contribution in [0.15, 0.2) is 10.7 Å². The van der Waals surface area contributed by atoms with Gasteiger partial charge in [0, 0.05) is 6.42 Å². The molecule has 1 aromatic rings. The quantitative estimate of drug-likeness (QED) is 0.887. The fourth-order valence-corrected chi connectivity index (χ4v) is 3.92. The fourth-order valence-electron chi connectivity index (χ4n) is 3.09. The lowest BCUT2D eigenvalue weighted by Gasteiger charge is -2.22. The van der Waals surface area contributed by atoms with Crippen molar-refractivity contribution in [3.05, 3.63) is 16.1 Å². The Kier molecular flexibility index (Phi) is 3.28. The van der Waals surface area contributed by atoms with Gasteiger partial charge in [-0.2, -0.15) is 0 Å². The number of hydrogen-bond donors (Lipinski definition) is 1. The van der Waals surface area contributed by atoms with Gasteiger partial charge in [-0.3, -0.25) is 0 Å². The topological polar surface area (TPSA) is 82.4 Å². The third-order valence-electron chi connectivity index (χ3n) is 4.11. The highest BCUT2D eigenvalue weighted by molar-refractivity contribution is 7.09. The summed E-state index contributed by atoms with van der Waals surface area (Å²) in [6.45, 7) is 5.55. The summed E-state index contributed by atoms with van der Waals surface area (Å²) in [5.74, 6) is -0.739. The Morgan fingerprint density at radius 3 is 2.86 bits per heavy atom. The molecule has 0 spiro atoms. The van der Waals surface area contributed by atoms with Crippen LogP contribution in [0.2, 0.25) is 0 Å². The molecule has 3 aliphatic heterocycles. The van der Waals surface area contributed by atoms with E-state index in [9.17, 15) is 5.11 Å². The maximum Gasteiger partial charge on any atom is 0.190 e. The molecule has 0 radical (unpaired) electrons. The maximum atomic E-state index is 10.4. The Labute approximate surface area is 131 Å². The summed E-state index contributed by atoms with van der Waals surface area (Å²) in [4.78, 5) is 10.8. The van der Waals surface area contributed by atoms with Crippen molar-refractivity contribution < 1.29 is 24.2 Å². The standard InChI is InChI=1S/C14H18N2O5S/c1-6-12(22-5-15-6)8-4-7(16-21-8)10-9(17)11-13(18-10)20-14(2,3)19-11/h5,8-11,13,17H,4H2,1-3H3/t8?,9-,10+,11+,13+/m0/s1. The van der Waals surface area contributed by atoms with Crippen LogP contribution in [-0.2, 0) is 19.0 Å². The van der Waals surface area contributed by atoms with E-state index in [4.69, 9.17) is 19.0 Å². The molecule has 0 bridgehead atoms. The van der Waals surface area contributed by atoms with Gasteiger partial charge in [0.15, 0.2) is 18.2 Å². The van der Waals surface area contributed by atoms with Crippen molar-refractivity contribution in [2.45, 2.75) is 63.7 Å². The summed E-state index contributed by atoms with van der Waals surface area (Å²) in [6, 6.07) is 0. The Morgan fingerprint density at radius 1 is 1.36 bits per heavy atom. The van der Waals surface area contributed by atoms with E-state index in [2.05, 4.69) is 10.1 Å². The van der Waals surface area contributed by atoms with Crippen LogP contribution in [0.4, 0.5) is 0 Å². The average Bonchev–Trinajstić information content (AvgIpc) is 3.16. The molecule has 1 aromatic heterocycles. The van der Waals surface area contributed by atoms with Gasteiger partial charge in [-0.15, -0.1) is 11.3 Å². The smallest absolute Gasteiger partial charge is 0.190 e. The highest BCUT2D eigenvalue weighted by atomic mass is 32.1. The van der Waals surface area contributed by atoms with Crippen LogP contribution in [0.3, 0.4) is 0 Å². The first-order valence-electron chi connectivity index (χ1n) is 7.26. The van der Waals surface area contributed by atoms with Crippen molar-refractivity contribution >= 4 is 17.0 Å². The van der Waals surface area contributed by atoms with E-state index in [0.717, 1.165) is 10.6 Å². The zero-order valence-electron chi connectivity index (χ0n) is 12.6. The number of aromatic nitrogens is 1. The molecule has 4 heterocycles. The second-order valence-electron chi connectivity index (χ2n) is 6.20. The molecule has 2 saturated heterocycles. The fraction of sp³-hybridized carbons (Fsp3) is 0.714. The predicted molar refractivity (Wildman–Crippen MR) is 77.4 cm³/mol. The molecule has 2 fully saturated rings. The molecule has 0 amide bonds. The SMILES string of the molecule is Cc1ncsc1C1CC([C@H]2O[C@@H]3OC(C)(C)O[C@@H]3[C@H]2O)=NO1. The Hall–Kier alpha value is -1.06. The van der Waals surface area contributed by atoms with Crippen molar-refractivity contribution in [2.24, 2.45) is 5.16 Å². The number of oxime groups is 1. The van der Waals surface area contributed by atoms with Crippen LogP contribution in [0.5, 0.6) is 0 Å². The van der Waals surface area contributed by atoms with E-state index in [1.165, 1.54) is 0 Å². The van der Waals surface area contributed by atoms with E-state index < -0.39 is 30.4 Å². The first kappa shape index (κ1) is 14.5. The van der Waals surface area contributed by atoms with Crippen molar-refractivity contribution in [2.75, 3.05) is 0 Å². The van der Waals surface area contributed by atoms with Gasteiger partial charge in [-0.1, -0.05) is 5.16 Å². The molecular weight excluding hydrogens is 308 g/mol. The second kappa shape index (κ2) is 4.97. The number of aliphatic hydroxyl groups excluding tert-OH is 1. The van der Waals surface area contributed by atoms with Gasteiger partial charge in [-0.05, 0) is 20.8 Å². The first-order valence-corrected chi connectivity index (χ1v) is 8.14. The number of rotatable bonds is 2. The molecule has 22 heavy (non-hydrogen) atoms. The summed E-state index contributed by atoms with van der Waals surface area (Å²) in [6.07, 6.45) is -2.00. The van der Waals surface area contributed by atoms with Crippen molar-refractivity contribution in [3.63, 3.8) is 0 Å². The lowest BCUT2D eigenvalue weighted by atomic mass is 10.0. The van der Waals surface area contributed by atoms with Crippen LogP contribution in [0, 0.1) is 6.92 Å². The summed E-state index contributed by atoms with van der Waals surface area (Å²) in [5, 5.41) is 14.6. The summed E-state index contributed by atoms with van der Waals surface area (Å²) in [5.41, 5.74) is 3.43. The first-order chi connectivity index (χ1) is 10.4. The Balaban J connectivity index is 1.46. The molecule has 0 aromatic carbocycles. The Bertz CT molecular complexity index is 616. The molecular formula is C14H18N2O5S. The molecule has 1 unspecified atom stereocenters. The minimum atomic E-state index is -0.810. The number of aliphatic hydroxyl groups is 1. The number of nitrogens with zero attached hydrogens (tertiary/aromatic N) is 2. The largest absolute Gasteiger partial charge is 0.387 e. The number of fused-ring (bicyclic) bond motifs is 1. The molecule has 3 aliphatic rings. The van der Waals surface area contributed by atoms with Gasteiger partial charge in [0.25, 0.3) is 0 Å². The van der Waals surface area contributed by atoms with Crippen molar-refractivity contribution in [1.29, 1.82) is 0 Å². The number of thiazole rings is 1. The van der Waals surface area contributed by atoms with Gasteiger partial charge in [0.2, 0.25) is 0 Å². The van der Waals surface area contributed by atoms with Gasteiger partial charge in [0.1, 0.15) is 18.3 Å². The highest BCUT2D eigenvalue weighted by Gasteiger charge is 2.56. The van der Waals surface area contributed by atoms with E-state index in [1.54, 1.807) is 30.7 Å². The number of ether oxygens (including phenoxy) is 3. The van der Waals surface area contributed by atoms with Crippen LogP contribution in [0.25, 0.3) is 0 Å². The molecule has 1 N–H and O–H groups in total. The maximum absolute atomic E-state index is 10.4. The highest BCUT2D eigenvalue weighted by Crippen LogP contribution is 2.40. The van der Waals surface area contributed by atoms with Crippen LogP contribution in [0.1, 0.15) is 36.9 Å². The van der Waals surface area contributed by atoms with Crippen LogP contribution >= 0.6 is 11.3 Å². The molecule has 120 valence electrons. The third-order valence-corrected chi connectivity index (χ3v) is 5.13. The van der Waals surface area contributed by atoms with Crippen LogP contribution in [-0.4, -0.2) is 46.2 Å². The van der Waals surface area contributed by atoms with Gasteiger partial charge in [0.05, 0.1) is 21.8 Å². The van der Waals surface area contributed by atoms with Gasteiger partial charge in [-0.25, -0.2) is 4.98 Å². The molecule has 0 saturated carbocycles. The summed E-state index contributed by atoms with van der Waals surface area (Å²) < 4.78 is 17.1. The second-order valence-corrected chi connectivity index (χ2v) is 7.08. The average molecular weight is 326 g/mol. The van der Waals surface area contributed by atoms with E-state index in [-0.39, 0.29) is 6.10 Å². The number of aryl methyl sites for hydroxylation is 1. The van der Waals surface area contributed by atoms with Crippen LogP contribution < -0.4 is 0 Å². The molecule has 8 heteroatoms. The summed E-state index contributed by atoms with van der Waals surface area (Å²) >= 11 is 1.55. The summed E-state index contributed by atoms with van der Waals surface area (Å²) in [7, 11) is 0. The van der Waals surface area contributed by atoms with Crippen molar-refractivity contribution in [1.82, 2.24) is 4.98 Å². The monoisotopic (exact) mass is 326 g/mol. The minimum absolute atomic E-state index is 0.156. The van der Waals surface area contributed by atoms with E-state index in [0.29, 0.717) is 12.1 Å². The zero-order chi connectivity index (χ0) is 15.5. The minimum Gasteiger partial charge on any atom is -0.387 e. The van der Waals surface area contributed by atoms with Gasteiger partial charge < -0.3 is 24.2 Å². The molecule has 4 rings (SSSR count). The predicted octanol–water partition coefficient (Wildman–Crippen LogP) is 1.51. The van der Waals surface area contributed by atoms with E-state index >= 15 is 0 Å². The molecule has 0 aliphatic carbocycles. The Morgan fingerprint density at radius 2 is 2.18 bits per heavy atom. The van der Waals surface area contributed by atoms with Gasteiger partial charge >= 0.3 is 0 Å². The zero-order valence-corrected chi connectivity index (χ0v) is 13.4. The van der Waals surface area contributed by atoms with E-state index in [1.807, 2.05) is 6.92 Å². The third kappa shape index (κ3) is 2.26. The molecule has 5 atom stereocenters. The lowest BCUT2D eigenvalue weighted by molar-refractivity contribution is -0.207. The lowest BCUT2D eigenvalue weighted by Crippen LogP contribution is -2.38. The van der Waals surface area contributed by atoms with Crippen molar-refractivity contribution in [3.8, 4) is 0 Å². The molecule has 7 nitrogen and oxygen atoms in total. The number of hydrogen-bond acceptors (Lipinski definition) is 8. The normalized spacial score (nSPS) is 39.6.